The second-order valence-electron chi connectivity index (χ2n) is 9.38. The maximum Gasteiger partial charge on any atom is 0.327 e. The quantitative estimate of drug-likeness (QED) is 0.504. The Morgan fingerprint density at radius 1 is 1.06 bits per heavy atom. The Balaban J connectivity index is 1.33. The Kier molecular flexibility index (Phi) is 6.38. The molecule has 0 amide bonds. The van der Waals surface area contributed by atoms with E-state index >= 15 is 0 Å². The minimum Gasteiger partial charge on any atom is -0.480 e. The lowest BCUT2D eigenvalue weighted by Crippen LogP contribution is -2.13. The number of aromatic amines is 1. The topological polar surface area (TPSA) is 114 Å². The van der Waals surface area contributed by atoms with Gasteiger partial charge in [-0.25, -0.2) is 0 Å². The number of benzene rings is 1. The molecule has 0 spiro atoms. The first-order valence-corrected chi connectivity index (χ1v) is 12.1. The van der Waals surface area contributed by atoms with E-state index in [1.165, 1.54) is 25.7 Å². The number of pyridine rings is 1. The fourth-order valence-corrected chi connectivity index (χ4v) is 4.73. The third kappa shape index (κ3) is 5.32. The Morgan fingerprint density at radius 2 is 1.82 bits per heavy atom. The molecule has 34 heavy (non-hydrogen) atoms. The molecular weight excluding hydrogens is 430 g/mol. The largest absolute Gasteiger partial charge is 0.480 e. The van der Waals surface area contributed by atoms with Gasteiger partial charge in [-0.05, 0) is 66.3 Å². The van der Waals surface area contributed by atoms with Crippen LogP contribution in [-0.2, 0) is 24.2 Å². The minimum absolute atomic E-state index is 0.0392. The molecule has 3 aromatic rings. The number of allylic oxidation sites excluding steroid dienone is 1. The van der Waals surface area contributed by atoms with Crippen LogP contribution in [-0.4, -0.2) is 36.3 Å². The van der Waals surface area contributed by atoms with Gasteiger partial charge in [0.1, 0.15) is 0 Å². The van der Waals surface area contributed by atoms with Gasteiger partial charge >= 0.3 is 5.97 Å². The summed E-state index contributed by atoms with van der Waals surface area (Å²) in [6.45, 7) is -0.290. The number of aliphatic carboxylic acids is 1. The summed E-state index contributed by atoms with van der Waals surface area (Å²) in [6.07, 6.45) is 10.8. The summed E-state index contributed by atoms with van der Waals surface area (Å²) in [5.41, 5.74) is 5.15. The van der Waals surface area contributed by atoms with Gasteiger partial charge in [-0.2, -0.15) is 4.80 Å². The molecule has 2 aromatic heterocycles. The molecule has 8 heteroatoms. The maximum atomic E-state index is 12.7. The van der Waals surface area contributed by atoms with E-state index in [1.54, 1.807) is 0 Å². The highest BCUT2D eigenvalue weighted by atomic mass is 16.4. The van der Waals surface area contributed by atoms with Gasteiger partial charge in [-0.1, -0.05) is 49.2 Å². The van der Waals surface area contributed by atoms with E-state index in [0.717, 1.165) is 52.0 Å². The van der Waals surface area contributed by atoms with Crippen LogP contribution in [0.25, 0.3) is 5.57 Å². The van der Waals surface area contributed by atoms with Crippen LogP contribution in [0, 0.1) is 5.92 Å². The van der Waals surface area contributed by atoms with Gasteiger partial charge in [0.05, 0.1) is 0 Å². The average molecular weight is 460 g/mol. The minimum atomic E-state index is -0.996. The van der Waals surface area contributed by atoms with Crippen LogP contribution in [0.15, 0.2) is 47.3 Å². The number of rotatable bonds is 9. The average Bonchev–Trinajstić information content (AvgIpc) is 3.34. The highest BCUT2D eigenvalue weighted by molar-refractivity contribution is 5.78. The summed E-state index contributed by atoms with van der Waals surface area (Å²) in [7, 11) is 0. The molecule has 0 saturated heterocycles. The van der Waals surface area contributed by atoms with Gasteiger partial charge in [-0.3, -0.25) is 9.59 Å². The third-order valence-corrected chi connectivity index (χ3v) is 6.72. The van der Waals surface area contributed by atoms with Gasteiger partial charge in [0, 0.05) is 23.3 Å². The van der Waals surface area contributed by atoms with E-state index in [1.807, 2.05) is 6.07 Å². The molecule has 2 N–H and O–H groups in total. The number of carboxylic acids is 1. The molecule has 2 fully saturated rings. The molecule has 0 atom stereocenters. The van der Waals surface area contributed by atoms with Gasteiger partial charge in [-0.15, -0.1) is 10.2 Å². The molecule has 0 aliphatic heterocycles. The SMILES string of the molecule is O=C(O)Cn1nnc(CCc2ccc(/C(=C\C3CCCC3)c3ccc(C4CC4)c(=O)[nH]3)cc2)n1. The van der Waals surface area contributed by atoms with Crippen molar-refractivity contribution in [1.82, 2.24) is 25.2 Å². The van der Waals surface area contributed by atoms with Crippen LogP contribution in [0.2, 0.25) is 0 Å². The molecule has 2 aliphatic carbocycles. The van der Waals surface area contributed by atoms with Crippen molar-refractivity contribution < 1.29 is 9.90 Å². The van der Waals surface area contributed by atoms with E-state index in [4.69, 9.17) is 5.11 Å². The molecule has 0 radical (unpaired) electrons. The van der Waals surface area contributed by atoms with E-state index < -0.39 is 5.97 Å². The second-order valence-corrected chi connectivity index (χ2v) is 9.38. The van der Waals surface area contributed by atoms with E-state index in [-0.39, 0.29) is 12.1 Å². The zero-order valence-electron chi connectivity index (χ0n) is 19.1. The molecule has 0 bridgehead atoms. The summed E-state index contributed by atoms with van der Waals surface area (Å²) < 4.78 is 0. The monoisotopic (exact) mass is 459 g/mol. The van der Waals surface area contributed by atoms with Crippen molar-refractivity contribution in [2.24, 2.45) is 5.92 Å². The zero-order valence-corrected chi connectivity index (χ0v) is 19.1. The number of nitrogens with zero attached hydrogens (tertiary/aromatic N) is 4. The van der Waals surface area contributed by atoms with Crippen molar-refractivity contribution >= 4 is 11.5 Å². The number of tetrazole rings is 1. The number of carboxylic acid groups (broad SMARTS) is 1. The predicted molar refractivity (Wildman–Crippen MR) is 127 cm³/mol. The van der Waals surface area contributed by atoms with Crippen molar-refractivity contribution in [3.63, 3.8) is 0 Å². The highest BCUT2D eigenvalue weighted by Gasteiger charge is 2.26. The zero-order chi connectivity index (χ0) is 23.5. The van der Waals surface area contributed by atoms with Crippen molar-refractivity contribution in [3.8, 4) is 0 Å². The van der Waals surface area contributed by atoms with Gasteiger partial charge < -0.3 is 10.1 Å². The summed E-state index contributed by atoms with van der Waals surface area (Å²) >= 11 is 0. The lowest BCUT2D eigenvalue weighted by molar-refractivity contribution is -0.138. The molecular formula is C26H29N5O3. The number of H-pyrrole nitrogens is 1. The van der Waals surface area contributed by atoms with E-state index in [9.17, 15) is 9.59 Å². The Morgan fingerprint density at radius 3 is 2.50 bits per heavy atom. The molecule has 1 aromatic carbocycles. The summed E-state index contributed by atoms with van der Waals surface area (Å²) in [5.74, 6) is 0.505. The van der Waals surface area contributed by atoms with Crippen molar-refractivity contribution in [2.45, 2.75) is 63.8 Å². The first-order valence-electron chi connectivity index (χ1n) is 12.1. The lowest BCUT2D eigenvalue weighted by Gasteiger charge is -2.13. The first-order chi connectivity index (χ1) is 16.5. The van der Waals surface area contributed by atoms with Gasteiger partial charge in [0.25, 0.3) is 5.56 Å². The number of hydrogen-bond acceptors (Lipinski definition) is 5. The summed E-state index contributed by atoms with van der Waals surface area (Å²) in [4.78, 5) is 27.7. The second kappa shape index (κ2) is 9.75. The van der Waals surface area contributed by atoms with E-state index in [2.05, 4.69) is 56.8 Å². The molecule has 2 heterocycles. The molecule has 0 unspecified atom stereocenters. The van der Waals surface area contributed by atoms with Gasteiger partial charge in [0.15, 0.2) is 12.4 Å². The molecule has 5 rings (SSSR count). The van der Waals surface area contributed by atoms with E-state index in [0.29, 0.717) is 24.1 Å². The lowest BCUT2D eigenvalue weighted by atomic mass is 9.94. The predicted octanol–water partition coefficient (Wildman–Crippen LogP) is 3.73. The molecule has 8 nitrogen and oxygen atoms in total. The Labute approximate surface area is 197 Å². The standard InChI is InChI=1S/C26H29N5O3/c32-25(33)16-31-29-24(28-30-31)14-7-17-5-8-20(9-6-17)22(15-18-3-1-2-4-18)23-13-12-21(19-10-11-19)26(34)27-23/h5-6,8-9,12-13,15,18-19H,1-4,7,10-11,14,16H2,(H,27,34)(H,32,33)/b22-15+. The number of aromatic nitrogens is 5. The van der Waals surface area contributed by atoms with Crippen molar-refractivity contribution in [3.05, 3.63) is 81.0 Å². The Bertz CT molecular complexity index is 1250. The van der Waals surface area contributed by atoms with Crippen molar-refractivity contribution in [1.29, 1.82) is 0 Å². The summed E-state index contributed by atoms with van der Waals surface area (Å²) in [6, 6.07) is 12.5. The number of carbonyl (C=O) groups is 1. The fraction of sp³-hybridized carbons (Fsp3) is 0.423. The third-order valence-electron chi connectivity index (χ3n) is 6.72. The number of aryl methyl sites for hydroxylation is 2. The molecule has 2 aliphatic rings. The van der Waals surface area contributed by atoms with Crippen molar-refractivity contribution in [2.75, 3.05) is 0 Å². The normalized spacial score (nSPS) is 16.8. The maximum absolute atomic E-state index is 12.7. The van der Waals surface area contributed by atoms with Crippen LogP contribution in [0.4, 0.5) is 0 Å². The van der Waals surface area contributed by atoms with Crippen LogP contribution in [0.5, 0.6) is 0 Å². The fourth-order valence-electron chi connectivity index (χ4n) is 4.73. The van der Waals surface area contributed by atoms with Crippen LogP contribution in [0.1, 0.15) is 72.7 Å². The van der Waals surface area contributed by atoms with Gasteiger partial charge in [0.2, 0.25) is 0 Å². The molecule has 176 valence electrons. The Hall–Kier alpha value is -3.55. The smallest absolute Gasteiger partial charge is 0.327 e. The van der Waals surface area contributed by atoms with Crippen LogP contribution < -0.4 is 5.56 Å². The molecule has 2 saturated carbocycles. The first kappa shape index (κ1) is 22.3. The van der Waals surface area contributed by atoms with Crippen LogP contribution in [0.3, 0.4) is 0 Å². The van der Waals surface area contributed by atoms with Crippen LogP contribution >= 0.6 is 0 Å². The number of nitrogens with one attached hydrogen (secondary N) is 1. The summed E-state index contributed by atoms with van der Waals surface area (Å²) in [5, 5.41) is 20.7. The highest BCUT2D eigenvalue weighted by Crippen LogP contribution is 2.38. The number of hydrogen-bond donors (Lipinski definition) is 2.